The SMILES string of the molecule is CCCCCCCCCCCCc1cc(CCC(=O)NN)cc(CCCCCCCCCCCC)c1O. The Kier molecular flexibility index (Phi) is 21.3. The smallest absolute Gasteiger partial charge is 0.234 e. The molecular formula is C33H60N2O2. The molecule has 1 aromatic rings. The van der Waals surface area contributed by atoms with Crippen molar-refractivity contribution in [2.24, 2.45) is 5.84 Å². The summed E-state index contributed by atoms with van der Waals surface area (Å²) >= 11 is 0. The van der Waals surface area contributed by atoms with E-state index in [0.717, 1.165) is 42.4 Å². The Balaban J connectivity index is 2.45. The van der Waals surface area contributed by atoms with Gasteiger partial charge in [0.15, 0.2) is 0 Å². The maximum Gasteiger partial charge on any atom is 0.234 e. The van der Waals surface area contributed by atoms with Crippen molar-refractivity contribution < 1.29 is 9.90 Å². The lowest BCUT2D eigenvalue weighted by atomic mass is 9.94. The molecule has 0 aromatic heterocycles. The third kappa shape index (κ3) is 17.6. The maximum absolute atomic E-state index is 11.7. The number of carbonyl (C=O) groups excluding carboxylic acids is 1. The first-order valence-corrected chi connectivity index (χ1v) is 15.9. The highest BCUT2D eigenvalue weighted by molar-refractivity contribution is 5.75. The molecule has 0 aliphatic carbocycles. The highest BCUT2D eigenvalue weighted by Gasteiger charge is 2.11. The second-order valence-corrected chi connectivity index (χ2v) is 11.2. The second-order valence-electron chi connectivity index (χ2n) is 11.2. The summed E-state index contributed by atoms with van der Waals surface area (Å²) < 4.78 is 0. The molecule has 0 bridgehead atoms. The van der Waals surface area contributed by atoms with Crippen molar-refractivity contribution in [1.82, 2.24) is 5.43 Å². The molecule has 4 heteroatoms. The highest BCUT2D eigenvalue weighted by Crippen LogP contribution is 2.29. The fraction of sp³-hybridized carbons (Fsp3) is 0.788. The standard InChI is InChI=1S/C33H60N2O2/c1-3-5-7-9-11-13-15-17-19-21-23-30-27-29(25-26-32(36)35-34)28-31(33(30)37)24-22-20-18-16-14-12-10-8-6-4-2/h27-28,37H,3-26,34H2,1-2H3,(H,35,36). The summed E-state index contributed by atoms with van der Waals surface area (Å²) in [7, 11) is 0. The summed E-state index contributed by atoms with van der Waals surface area (Å²) in [6, 6.07) is 4.24. The van der Waals surface area contributed by atoms with Crippen LogP contribution >= 0.6 is 0 Å². The minimum Gasteiger partial charge on any atom is -0.507 e. The summed E-state index contributed by atoms with van der Waals surface area (Å²) in [5, 5.41) is 11.0. The topological polar surface area (TPSA) is 75.4 Å². The van der Waals surface area contributed by atoms with Crippen LogP contribution in [0.2, 0.25) is 0 Å². The third-order valence-electron chi connectivity index (χ3n) is 7.73. The van der Waals surface area contributed by atoms with Crippen LogP contribution in [0.25, 0.3) is 0 Å². The second kappa shape index (κ2) is 23.6. The van der Waals surface area contributed by atoms with Crippen LogP contribution in [0, 0.1) is 0 Å². The van der Waals surface area contributed by atoms with Crippen LogP contribution in [0.3, 0.4) is 0 Å². The van der Waals surface area contributed by atoms with Gasteiger partial charge >= 0.3 is 0 Å². The quantitative estimate of drug-likeness (QED) is 0.0524. The summed E-state index contributed by atoms with van der Waals surface area (Å²) in [4.78, 5) is 11.7. The lowest BCUT2D eigenvalue weighted by Crippen LogP contribution is -2.30. The summed E-state index contributed by atoms with van der Waals surface area (Å²) in [6.45, 7) is 4.54. The molecule has 0 fully saturated rings. The number of benzene rings is 1. The number of phenolic OH excluding ortho intramolecular Hbond substituents is 1. The van der Waals surface area contributed by atoms with Crippen LogP contribution in [0.1, 0.15) is 165 Å². The van der Waals surface area contributed by atoms with Crippen molar-refractivity contribution in [2.45, 2.75) is 168 Å². The van der Waals surface area contributed by atoms with Crippen molar-refractivity contribution in [3.8, 4) is 5.75 Å². The van der Waals surface area contributed by atoms with Gasteiger partial charge in [0, 0.05) is 6.42 Å². The Morgan fingerprint density at radius 2 is 0.973 bits per heavy atom. The average molecular weight is 517 g/mol. The number of carbonyl (C=O) groups is 1. The lowest BCUT2D eigenvalue weighted by Gasteiger charge is -2.14. The highest BCUT2D eigenvalue weighted by atomic mass is 16.3. The summed E-state index contributed by atoms with van der Waals surface area (Å²) in [6.07, 6.45) is 29.2. The van der Waals surface area contributed by atoms with Crippen LogP contribution in [-0.4, -0.2) is 11.0 Å². The van der Waals surface area contributed by atoms with Crippen molar-refractivity contribution in [1.29, 1.82) is 0 Å². The predicted octanol–water partition coefficient (Wildman–Crippen LogP) is 9.24. The molecule has 214 valence electrons. The first-order valence-electron chi connectivity index (χ1n) is 15.9. The number of hydrogen-bond acceptors (Lipinski definition) is 3. The van der Waals surface area contributed by atoms with Gasteiger partial charge in [0.05, 0.1) is 0 Å². The fourth-order valence-corrected chi connectivity index (χ4v) is 5.29. The van der Waals surface area contributed by atoms with Gasteiger partial charge in [-0.05, 0) is 48.8 Å². The monoisotopic (exact) mass is 516 g/mol. The van der Waals surface area contributed by atoms with Crippen LogP contribution in [0.5, 0.6) is 5.75 Å². The first kappa shape index (κ1) is 33.5. The van der Waals surface area contributed by atoms with Gasteiger partial charge in [0.1, 0.15) is 5.75 Å². The van der Waals surface area contributed by atoms with E-state index in [1.165, 1.54) is 116 Å². The van der Waals surface area contributed by atoms with E-state index in [1.807, 2.05) is 0 Å². The number of aromatic hydroxyl groups is 1. The zero-order chi connectivity index (χ0) is 27.0. The largest absolute Gasteiger partial charge is 0.507 e. The molecule has 0 aliphatic rings. The number of aryl methyl sites for hydroxylation is 3. The lowest BCUT2D eigenvalue weighted by molar-refractivity contribution is -0.121. The third-order valence-corrected chi connectivity index (χ3v) is 7.73. The molecule has 37 heavy (non-hydrogen) atoms. The van der Waals surface area contributed by atoms with Crippen LogP contribution in [0.4, 0.5) is 0 Å². The van der Waals surface area contributed by atoms with Gasteiger partial charge in [-0.15, -0.1) is 0 Å². The van der Waals surface area contributed by atoms with E-state index in [9.17, 15) is 9.90 Å². The number of phenols is 1. The van der Waals surface area contributed by atoms with Crippen LogP contribution in [-0.2, 0) is 24.1 Å². The molecule has 0 saturated heterocycles. The first-order chi connectivity index (χ1) is 18.1. The molecule has 1 aromatic carbocycles. The van der Waals surface area contributed by atoms with E-state index in [4.69, 9.17) is 5.84 Å². The van der Waals surface area contributed by atoms with Gasteiger partial charge in [0.2, 0.25) is 5.91 Å². The van der Waals surface area contributed by atoms with Gasteiger partial charge in [-0.2, -0.15) is 0 Å². The van der Waals surface area contributed by atoms with Gasteiger partial charge in [-0.1, -0.05) is 142 Å². The molecule has 0 unspecified atom stereocenters. The summed E-state index contributed by atoms with van der Waals surface area (Å²) in [5.74, 6) is 5.63. The molecule has 1 rings (SSSR count). The Morgan fingerprint density at radius 1 is 0.622 bits per heavy atom. The van der Waals surface area contributed by atoms with Gasteiger partial charge in [-0.3, -0.25) is 10.2 Å². The summed E-state index contributed by atoms with van der Waals surface area (Å²) in [5.41, 5.74) is 5.50. The van der Waals surface area contributed by atoms with Crippen molar-refractivity contribution in [3.63, 3.8) is 0 Å². The van der Waals surface area contributed by atoms with Gasteiger partial charge in [-0.25, -0.2) is 5.84 Å². The number of amides is 1. The average Bonchev–Trinajstić information content (AvgIpc) is 2.91. The number of rotatable bonds is 25. The Morgan fingerprint density at radius 3 is 1.32 bits per heavy atom. The van der Waals surface area contributed by atoms with Crippen molar-refractivity contribution in [3.05, 3.63) is 28.8 Å². The van der Waals surface area contributed by atoms with E-state index in [0.29, 0.717) is 18.6 Å². The van der Waals surface area contributed by atoms with E-state index in [2.05, 4.69) is 31.4 Å². The molecule has 4 nitrogen and oxygen atoms in total. The number of nitrogens with two attached hydrogens (primary N) is 1. The molecule has 0 aliphatic heterocycles. The molecule has 4 N–H and O–H groups in total. The molecular weight excluding hydrogens is 456 g/mol. The van der Waals surface area contributed by atoms with Crippen LogP contribution < -0.4 is 11.3 Å². The van der Waals surface area contributed by atoms with Crippen molar-refractivity contribution >= 4 is 5.91 Å². The minimum absolute atomic E-state index is 0.138. The number of nitrogens with one attached hydrogen (secondary N) is 1. The Hall–Kier alpha value is -1.55. The normalized spacial score (nSPS) is 11.2. The number of unbranched alkanes of at least 4 members (excludes halogenated alkanes) is 18. The Bertz CT molecular complexity index is 644. The van der Waals surface area contributed by atoms with Crippen molar-refractivity contribution in [2.75, 3.05) is 0 Å². The van der Waals surface area contributed by atoms with Gasteiger partial charge in [0.25, 0.3) is 0 Å². The maximum atomic E-state index is 11.7. The van der Waals surface area contributed by atoms with E-state index < -0.39 is 0 Å². The number of hydrogen-bond donors (Lipinski definition) is 3. The predicted molar refractivity (Wildman–Crippen MR) is 160 cm³/mol. The molecule has 1 amide bonds. The van der Waals surface area contributed by atoms with E-state index in [-0.39, 0.29) is 5.91 Å². The van der Waals surface area contributed by atoms with Gasteiger partial charge < -0.3 is 5.11 Å². The molecule has 0 saturated carbocycles. The Labute approximate surface area is 229 Å². The molecule has 0 heterocycles. The number of hydrazine groups is 1. The molecule has 0 spiro atoms. The fourth-order valence-electron chi connectivity index (χ4n) is 5.29. The van der Waals surface area contributed by atoms with Crippen LogP contribution in [0.15, 0.2) is 12.1 Å². The van der Waals surface area contributed by atoms with E-state index >= 15 is 0 Å². The van der Waals surface area contributed by atoms with E-state index in [1.54, 1.807) is 0 Å². The zero-order valence-corrected chi connectivity index (χ0v) is 24.6. The minimum atomic E-state index is -0.138. The molecule has 0 radical (unpaired) electrons. The molecule has 0 atom stereocenters. The zero-order valence-electron chi connectivity index (χ0n) is 24.6.